The lowest BCUT2D eigenvalue weighted by atomic mass is 9.83. The van der Waals surface area contributed by atoms with Crippen molar-refractivity contribution in [1.29, 1.82) is 0 Å². The molecule has 0 fully saturated rings. The van der Waals surface area contributed by atoms with Crippen molar-refractivity contribution < 1.29 is 19.4 Å². The smallest absolute Gasteiger partial charge is 0.337 e. The second-order valence-corrected chi connectivity index (χ2v) is 9.84. The number of rotatable bonds is 4. The SMILES string of the molecule is Cc1nc2ccccc2c(-c2ccc3c(c2)C(C)(C)CO3)c1[C@H](OC(C)(C)C)C(=O)O. The number of hydrogen-bond acceptors (Lipinski definition) is 4. The van der Waals surface area contributed by atoms with Crippen LogP contribution in [0.25, 0.3) is 22.0 Å². The highest BCUT2D eigenvalue weighted by atomic mass is 16.5. The standard InChI is InChI=1S/C26H29NO4/c1-15-21(23(24(28)29)31-25(2,3)4)22(17-9-7-8-10-19(17)27-15)16-11-12-20-18(13-16)26(5,6)14-30-20/h7-13,23H,14H2,1-6H3,(H,28,29)/t23-/m0/s1. The summed E-state index contributed by atoms with van der Waals surface area (Å²) in [6.07, 6.45) is -1.13. The second kappa shape index (κ2) is 7.34. The van der Waals surface area contributed by atoms with Gasteiger partial charge in [-0.15, -0.1) is 0 Å². The molecule has 31 heavy (non-hydrogen) atoms. The molecule has 4 rings (SSSR count). The van der Waals surface area contributed by atoms with Gasteiger partial charge in [-0.2, -0.15) is 0 Å². The molecule has 1 aromatic heterocycles. The molecule has 2 heterocycles. The first-order chi connectivity index (χ1) is 14.5. The van der Waals surface area contributed by atoms with Gasteiger partial charge in [0.25, 0.3) is 0 Å². The minimum Gasteiger partial charge on any atom is -0.492 e. The van der Waals surface area contributed by atoms with Gasteiger partial charge in [0.05, 0.1) is 17.7 Å². The Morgan fingerprint density at radius 1 is 1.19 bits per heavy atom. The van der Waals surface area contributed by atoms with Crippen LogP contribution in [0.5, 0.6) is 5.75 Å². The number of carbonyl (C=O) groups is 1. The number of fused-ring (bicyclic) bond motifs is 2. The molecule has 1 atom stereocenters. The largest absolute Gasteiger partial charge is 0.492 e. The van der Waals surface area contributed by atoms with Crippen molar-refractivity contribution in [1.82, 2.24) is 4.98 Å². The van der Waals surface area contributed by atoms with Gasteiger partial charge in [-0.1, -0.05) is 38.1 Å². The summed E-state index contributed by atoms with van der Waals surface area (Å²) in [6.45, 7) is 12.4. The molecule has 0 bridgehead atoms. The number of nitrogens with zero attached hydrogens (tertiary/aromatic N) is 1. The highest BCUT2D eigenvalue weighted by Crippen LogP contribution is 2.44. The molecule has 0 aliphatic carbocycles. The van der Waals surface area contributed by atoms with E-state index in [-0.39, 0.29) is 5.41 Å². The number of aliphatic carboxylic acids is 1. The molecule has 0 amide bonds. The first-order valence-corrected chi connectivity index (χ1v) is 10.6. The van der Waals surface area contributed by atoms with Crippen LogP contribution in [-0.2, 0) is 14.9 Å². The van der Waals surface area contributed by atoms with E-state index < -0.39 is 17.7 Å². The zero-order chi connectivity index (χ0) is 22.6. The quantitative estimate of drug-likeness (QED) is 0.577. The Hall–Kier alpha value is -2.92. The number of aromatic nitrogens is 1. The molecule has 5 nitrogen and oxygen atoms in total. The van der Waals surface area contributed by atoms with Crippen LogP contribution in [0.3, 0.4) is 0 Å². The average Bonchev–Trinajstić information content (AvgIpc) is 2.99. The monoisotopic (exact) mass is 419 g/mol. The molecule has 0 radical (unpaired) electrons. The maximum atomic E-state index is 12.4. The number of carboxylic acids is 1. The Labute approximate surface area is 183 Å². The molecule has 1 aliphatic rings. The van der Waals surface area contributed by atoms with Crippen LogP contribution < -0.4 is 4.74 Å². The lowest BCUT2D eigenvalue weighted by molar-refractivity contribution is -0.160. The molecule has 1 aliphatic heterocycles. The van der Waals surface area contributed by atoms with Gasteiger partial charge in [0.15, 0.2) is 6.10 Å². The second-order valence-electron chi connectivity index (χ2n) is 9.84. The van der Waals surface area contributed by atoms with Crippen molar-refractivity contribution in [3.8, 4) is 16.9 Å². The lowest BCUT2D eigenvalue weighted by Gasteiger charge is -2.28. The van der Waals surface area contributed by atoms with E-state index in [9.17, 15) is 9.90 Å². The third kappa shape index (κ3) is 3.90. The van der Waals surface area contributed by atoms with E-state index in [1.54, 1.807) is 0 Å². The van der Waals surface area contributed by atoms with Crippen molar-refractivity contribution in [3.63, 3.8) is 0 Å². The van der Waals surface area contributed by atoms with Gasteiger partial charge < -0.3 is 14.6 Å². The van der Waals surface area contributed by atoms with Crippen LogP contribution in [0, 0.1) is 6.92 Å². The molecule has 1 N–H and O–H groups in total. The zero-order valence-corrected chi connectivity index (χ0v) is 18.9. The third-order valence-electron chi connectivity index (χ3n) is 5.66. The van der Waals surface area contributed by atoms with E-state index in [4.69, 9.17) is 14.5 Å². The van der Waals surface area contributed by atoms with Crippen LogP contribution >= 0.6 is 0 Å². The van der Waals surface area contributed by atoms with Crippen molar-refractivity contribution in [3.05, 3.63) is 59.3 Å². The Balaban J connectivity index is 2.04. The fourth-order valence-electron chi connectivity index (χ4n) is 4.24. The highest BCUT2D eigenvalue weighted by molar-refractivity contribution is 5.98. The zero-order valence-electron chi connectivity index (χ0n) is 18.9. The van der Waals surface area contributed by atoms with Gasteiger partial charge in [-0.25, -0.2) is 4.79 Å². The number of benzene rings is 2. The van der Waals surface area contributed by atoms with E-state index in [0.29, 0.717) is 17.9 Å². The number of aryl methyl sites for hydroxylation is 1. The van der Waals surface area contributed by atoms with E-state index in [1.165, 1.54) is 0 Å². The Morgan fingerprint density at radius 3 is 2.58 bits per heavy atom. The normalized spacial score (nSPS) is 16.1. The highest BCUT2D eigenvalue weighted by Gasteiger charge is 2.35. The topological polar surface area (TPSA) is 68.7 Å². The molecule has 0 saturated carbocycles. The van der Waals surface area contributed by atoms with E-state index in [2.05, 4.69) is 19.9 Å². The van der Waals surface area contributed by atoms with Crippen LogP contribution in [0.2, 0.25) is 0 Å². The first-order valence-electron chi connectivity index (χ1n) is 10.6. The number of pyridine rings is 1. The van der Waals surface area contributed by atoms with Gasteiger partial charge in [-0.05, 0) is 57.0 Å². The van der Waals surface area contributed by atoms with Crippen LogP contribution in [0.1, 0.15) is 57.5 Å². The minimum atomic E-state index is -1.13. The molecule has 3 aromatic rings. The average molecular weight is 420 g/mol. The summed E-state index contributed by atoms with van der Waals surface area (Å²) >= 11 is 0. The predicted octanol–water partition coefficient (Wildman–Crippen LogP) is 5.82. The molecule has 0 saturated heterocycles. The van der Waals surface area contributed by atoms with Crippen LogP contribution in [0.15, 0.2) is 42.5 Å². The number of carboxylic acid groups (broad SMARTS) is 1. The van der Waals surface area contributed by atoms with Crippen molar-refractivity contribution in [2.45, 2.75) is 58.7 Å². The molecule has 0 spiro atoms. The van der Waals surface area contributed by atoms with Gasteiger partial charge in [0, 0.05) is 27.6 Å². The van der Waals surface area contributed by atoms with E-state index in [1.807, 2.05) is 64.1 Å². The van der Waals surface area contributed by atoms with Crippen molar-refractivity contribution in [2.24, 2.45) is 0 Å². The van der Waals surface area contributed by atoms with Crippen molar-refractivity contribution >= 4 is 16.9 Å². The summed E-state index contributed by atoms with van der Waals surface area (Å²) in [4.78, 5) is 17.1. The molecule has 5 heteroatoms. The minimum absolute atomic E-state index is 0.114. The Morgan fingerprint density at radius 2 is 1.90 bits per heavy atom. The number of ether oxygens (including phenoxy) is 2. The molecule has 2 aromatic carbocycles. The summed E-state index contributed by atoms with van der Waals surface area (Å²) in [7, 11) is 0. The van der Waals surface area contributed by atoms with Gasteiger partial charge in [0.1, 0.15) is 5.75 Å². The molecular weight excluding hydrogens is 390 g/mol. The fraction of sp³-hybridized carbons (Fsp3) is 0.385. The summed E-state index contributed by atoms with van der Waals surface area (Å²) in [5, 5.41) is 11.0. The molecule has 0 unspecified atom stereocenters. The van der Waals surface area contributed by atoms with Crippen molar-refractivity contribution in [2.75, 3.05) is 6.61 Å². The lowest BCUT2D eigenvalue weighted by Crippen LogP contribution is -2.28. The maximum absolute atomic E-state index is 12.4. The summed E-state index contributed by atoms with van der Waals surface area (Å²) in [5.74, 6) is -0.146. The van der Waals surface area contributed by atoms with Crippen LogP contribution in [-0.4, -0.2) is 28.3 Å². The Bertz CT molecular complexity index is 1170. The Kier molecular flexibility index (Phi) is 5.05. The van der Waals surface area contributed by atoms with E-state index in [0.717, 1.165) is 33.3 Å². The summed E-state index contributed by atoms with van der Waals surface area (Å²) < 4.78 is 11.9. The van der Waals surface area contributed by atoms with E-state index >= 15 is 0 Å². The third-order valence-corrected chi connectivity index (χ3v) is 5.66. The van der Waals surface area contributed by atoms with Gasteiger partial charge in [0.2, 0.25) is 0 Å². The van der Waals surface area contributed by atoms with Gasteiger partial charge >= 0.3 is 5.97 Å². The summed E-state index contributed by atoms with van der Waals surface area (Å²) in [6, 6.07) is 14.0. The maximum Gasteiger partial charge on any atom is 0.337 e. The number of hydrogen-bond donors (Lipinski definition) is 1. The summed E-state index contributed by atoms with van der Waals surface area (Å²) in [5.41, 5.74) is 4.25. The first kappa shape index (κ1) is 21.3. The molecular formula is C26H29NO4. The fourth-order valence-corrected chi connectivity index (χ4v) is 4.24. The van der Waals surface area contributed by atoms with Crippen LogP contribution in [0.4, 0.5) is 0 Å². The predicted molar refractivity (Wildman–Crippen MR) is 122 cm³/mol. The molecule has 162 valence electrons. The number of para-hydroxylation sites is 1. The van der Waals surface area contributed by atoms with Gasteiger partial charge in [-0.3, -0.25) is 4.98 Å².